The topological polar surface area (TPSA) is 67.9 Å². The second-order valence-corrected chi connectivity index (χ2v) is 6.47. The van der Waals surface area contributed by atoms with E-state index in [0.29, 0.717) is 34.2 Å². The third kappa shape index (κ3) is 3.41. The minimum absolute atomic E-state index is 0.0599. The summed E-state index contributed by atoms with van der Waals surface area (Å²) in [7, 11) is 4.80. The summed E-state index contributed by atoms with van der Waals surface area (Å²) in [6, 6.07) is 10.6. The molecule has 25 heavy (non-hydrogen) atoms. The number of carbonyl (C=O) groups is 2. The number of hydrogen-bond donors (Lipinski definition) is 1. The largest absolute Gasteiger partial charge is 0.493 e. The third-order valence-electron chi connectivity index (χ3n) is 3.92. The maximum absolute atomic E-state index is 12.8. The molecule has 1 heterocycles. The fraction of sp³-hybridized carbons (Fsp3) is 0.222. The Hall–Kier alpha value is -2.67. The summed E-state index contributed by atoms with van der Waals surface area (Å²) in [5.74, 6) is 1.30. The van der Waals surface area contributed by atoms with Crippen LogP contribution < -0.4 is 19.7 Å². The Labute approximate surface area is 150 Å². The fourth-order valence-corrected chi connectivity index (χ4v) is 3.35. The van der Waals surface area contributed by atoms with Crippen LogP contribution in [0.3, 0.4) is 0 Å². The summed E-state index contributed by atoms with van der Waals surface area (Å²) in [6.07, 6.45) is 0. The van der Waals surface area contributed by atoms with Crippen molar-refractivity contribution in [3.05, 3.63) is 42.0 Å². The molecule has 2 amide bonds. The van der Waals surface area contributed by atoms with Gasteiger partial charge in [-0.15, -0.1) is 11.8 Å². The van der Waals surface area contributed by atoms with Crippen LogP contribution in [0.2, 0.25) is 0 Å². The minimum Gasteiger partial charge on any atom is -0.493 e. The van der Waals surface area contributed by atoms with Crippen molar-refractivity contribution in [2.45, 2.75) is 4.90 Å². The van der Waals surface area contributed by atoms with Crippen LogP contribution in [0.25, 0.3) is 0 Å². The van der Waals surface area contributed by atoms with Crippen molar-refractivity contribution < 1.29 is 19.1 Å². The highest BCUT2D eigenvalue weighted by Crippen LogP contribution is 2.34. The Bertz CT molecular complexity index is 838. The van der Waals surface area contributed by atoms with E-state index in [2.05, 4.69) is 5.32 Å². The summed E-state index contributed by atoms with van der Waals surface area (Å²) in [4.78, 5) is 26.8. The Morgan fingerprint density at radius 2 is 1.88 bits per heavy atom. The zero-order valence-corrected chi connectivity index (χ0v) is 15.0. The molecule has 0 bridgehead atoms. The standard InChI is InChI=1S/C18H18N2O4S/c1-20(12-5-6-14(23-2)15(9-12)24-3)18(22)11-4-7-16-13(8-11)19-17(21)10-25-16/h4-9H,10H2,1-3H3,(H,19,21). The van der Waals surface area contributed by atoms with E-state index >= 15 is 0 Å². The van der Waals surface area contributed by atoms with Crippen molar-refractivity contribution in [3.63, 3.8) is 0 Å². The van der Waals surface area contributed by atoms with E-state index in [9.17, 15) is 9.59 Å². The van der Waals surface area contributed by atoms with E-state index in [0.717, 1.165) is 4.90 Å². The first kappa shape index (κ1) is 17.2. The smallest absolute Gasteiger partial charge is 0.258 e. The molecule has 0 fully saturated rings. The van der Waals surface area contributed by atoms with Gasteiger partial charge in [0.05, 0.1) is 25.7 Å². The van der Waals surface area contributed by atoms with Crippen molar-refractivity contribution in [1.29, 1.82) is 0 Å². The van der Waals surface area contributed by atoms with Gasteiger partial charge in [0.15, 0.2) is 11.5 Å². The molecule has 0 radical (unpaired) electrons. The van der Waals surface area contributed by atoms with Gasteiger partial charge >= 0.3 is 0 Å². The lowest BCUT2D eigenvalue weighted by Crippen LogP contribution is -2.27. The second kappa shape index (κ2) is 7.06. The van der Waals surface area contributed by atoms with Crippen LogP contribution in [0.5, 0.6) is 11.5 Å². The monoisotopic (exact) mass is 358 g/mol. The van der Waals surface area contributed by atoms with E-state index in [1.165, 1.54) is 16.7 Å². The Kier molecular flexibility index (Phi) is 4.85. The number of hydrogen-bond acceptors (Lipinski definition) is 5. The molecule has 0 aliphatic carbocycles. The zero-order chi connectivity index (χ0) is 18.0. The first-order valence-corrected chi connectivity index (χ1v) is 8.59. The van der Waals surface area contributed by atoms with E-state index < -0.39 is 0 Å². The lowest BCUT2D eigenvalue weighted by molar-refractivity contribution is -0.113. The molecule has 1 N–H and O–H groups in total. The van der Waals surface area contributed by atoms with Gasteiger partial charge < -0.3 is 19.7 Å². The second-order valence-electron chi connectivity index (χ2n) is 5.45. The van der Waals surface area contributed by atoms with Crippen LogP contribution >= 0.6 is 11.8 Å². The van der Waals surface area contributed by atoms with Crippen molar-refractivity contribution in [2.24, 2.45) is 0 Å². The fourth-order valence-electron chi connectivity index (χ4n) is 2.56. The number of thioether (sulfide) groups is 1. The van der Waals surface area contributed by atoms with Gasteiger partial charge in [-0.3, -0.25) is 9.59 Å². The van der Waals surface area contributed by atoms with Gasteiger partial charge in [-0.25, -0.2) is 0 Å². The van der Waals surface area contributed by atoms with E-state index in [1.807, 2.05) is 6.07 Å². The minimum atomic E-state index is -0.181. The molecular formula is C18H18N2O4S. The third-order valence-corrected chi connectivity index (χ3v) is 4.99. The molecule has 7 heteroatoms. The van der Waals surface area contributed by atoms with Crippen LogP contribution in [-0.2, 0) is 4.79 Å². The van der Waals surface area contributed by atoms with Gasteiger partial charge in [-0.1, -0.05) is 0 Å². The predicted octanol–water partition coefficient (Wildman–Crippen LogP) is 3.02. The molecule has 0 aromatic heterocycles. The molecule has 3 rings (SSSR count). The maximum Gasteiger partial charge on any atom is 0.258 e. The Morgan fingerprint density at radius 1 is 1.12 bits per heavy atom. The highest BCUT2D eigenvalue weighted by molar-refractivity contribution is 8.00. The van der Waals surface area contributed by atoms with Gasteiger partial charge in [0.1, 0.15) is 0 Å². The summed E-state index contributed by atoms with van der Waals surface area (Å²) < 4.78 is 10.5. The molecule has 0 atom stereocenters. The molecular weight excluding hydrogens is 340 g/mol. The number of amides is 2. The molecule has 1 aliphatic rings. The summed E-state index contributed by atoms with van der Waals surface area (Å²) in [5.41, 5.74) is 1.85. The molecule has 2 aromatic carbocycles. The Balaban J connectivity index is 1.88. The number of nitrogens with zero attached hydrogens (tertiary/aromatic N) is 1. The molecule has 130 valence electrons. The number of methoxy groups -OCH3 is 2. The van der Waals surface area contributed by atoms with Crippen LogP contribution in [-0.4, -0.2) is 38.8 Å². The lowest BCUT2D eigenvalue weighted by atomic mass is 10.1. The molecule has 2 aromatic rings. The van der Waals surface area contributed by atoms with E-state index in [-0.39, 0.29) is 11.8 Å². The van der Waals surface area contributed by atoms with Crippen LogP contribution in [0.1, 0.15) is 10.4 Å². The number of rotatable bonds is 4. The van der Waals surface area contributed by atoms with Gasteiger partial charge in [0.2, 0.25) is 5.91 Å². The van der Waals surface area contributed by atoms with E-state index in [1.54, 1.807) is 51.6 Å². The average Bonchev–Trinajstić information content (AvgIpc) is 2.65. The van der Waals surface area contributed by atoms with E-state index in [4.69, 9.17) is 9.47 Å². The SMILES string of the molecule is COc1ccc(N(C)C(=O)c2ccc3c(c2)NC(=O)CS3)cc1OC. The van der Waals surface area contributed by atoms with Gasteiger partial charge in [-0.05, 0) is 30.3 Å². The van der Waals surface area contributed by atoms with Gasteiger partial charge in [0, 0.05) is 29.3 Å². The van der Waals surface area contributed by atoms with Crippen LogP contribution in [0.15, 0.2) is 41.3 Å². The van der Waals surface area contributed by atoms with Crippen molar-refractivity contribution in [1.82, 2.24) is 0 Å². The van der Waals surface area contributed by atoms with Gasteiger partial charge in [-0.2, -0.15) is 0 Å². The molecule has 0 spiro atoms. The highest BCUT2D eigenvalue weighted by atomic mass is 32.2. The van der Waals surface area contributed by atoms with Crippen molar-refractivity contribution >= 4 is 35.0 Å². The number of nitrogens with one attached hydrogen (secondary N) is 1. The summed E-state index contributed by atoms with van der Waals surface area (Å²) >= 11 is 1.46. The predicted molar refractivity (Wildman–Crippen MR) is 98.1 cm³/mol. The molecule has 6 nitrogen and oxygen atoms in total. The first-order chi connectivity index (χ1) is 12.0. The highest BCUT2D eigenvalue weighted by Gasteiger charge is 2.20. The quantitative estimate of drug-likeness (QED) is 0.910. The molecule has 0 saturated heterocycles. The van der Waals surface area contributed by atoms with Crippen LogP contribution in [0.4, 0.5) is 11.4 Å². The zero-order valence-electron chi connectivity index (χ0n) is 14.2. The normalized spacial score (nSPS) is 12.8. The number of fused-ring (bicyclic) bond motifs is 1. The van der Waals surface area contributed by atoms with Gasteiger partial charge in [0.25, 0.3) is 5.91 Å². The van der Waals surface area contributed by atoms with Crippen molar-refractivity contribution in [3.8, 4) is 11.5 Å². The first-order valence-electron chi connectivity index (χ1n) is 7.60. The number of ether oxygens (including phenoxy) is 2. The number of carbonyl (C=O) groups excluding carboxylic acids is 2. The summed E-state index contributed by atoms with van der Waals surface area (Å²) in [5, 5.41) is 2.80. The number of benzene rings is 2. The average molecular weight is 358 g/mol. The van der Waals surface area contributed by atoms with Crippen LogP contribution in [0, 0.1) is 0 Å². The molecule has 1 aliphatic heterocycles. The molecule has 0 unspecified atom stereocenters. The van der Waals surface area contributed by atoms with Crippen molar-refractivity contribution in [2.75, 3.05) is 37.2 Å². The number of anilines is 2. The Morgan fingerprint density at radius 3 is 2.60 bits per heavy atom. The maximum atomic E-state index is 12.8. The lowest BCUT2D eigenvalue weighted by Gasteiger charge is -2.21. The summed E-state index contributed by atoms with van der Waals surface area (Å²) in [6.45, 7) is 0. The molecule has 0 saturated carbocycles.